The standard InChI is InChI=1S/C22H36N4O.HI/c1-18(2)26-13-7-8-19(17-26)16-24-22(23-3)25-14-11-21(12-15-25)27-20-9-5-4-6-10-20;/h4-6,9-10,18-19,21H,7-8,11-17H2,1-3H3,(H,23,24);1H. The molecule has 2 fully saturated rings. The van der Waals surface area contributed by atoms with E-state index in [1.54, 1.807) is 0 Å². The largest absolute Gasteiger partial charge is 0.490 e. The van der Waals surface area contributed by atoms with Gasteiger partial charge in [0.2, 0.25) is 0 Å². The van der Waals surface area contributed by atoms with Crippen LogP contribution in [0, 0.1) is 5.92 Å². The van der Waals surface area contributed by atoms with Gasteiger partial charge >= 0.3 is 0 Å². The summed E-state index contributed by atoms with van der Waals surface area (Å²) in [5, 5.41) is 3.64. The van der Waals surface area contributed by atoms with Crippen molar-refractivity contribution in [1.29, 1.82) is 0 Å². The number of piperidine rings is 2. The molecule has 1 N–H and O–H groups in total. The molecule has 0 amide bonds. The first-order valence-corrected chi connectivity index (χ1v) is 10.6. The van der Waals surface area contributed by atoms with Crippen LogP contribution in [0.15, 0.2) is 35.3 Å². The maximum absolute atomic E-state index is 6.11. The Morgan fingerprint density at radius 2 is 1.86 bits per heavy atom. The third-order valence-electron chi connectivity index (χ3n) is 5.83. The smallest absolute Gasteiger partial charge is 0.193 e. The van der Waals surface area contributed by atoms with Crippen LogP contribution in [0.2, 0.25) is 0 Å². The van der Waals surface area contributed by atoms with Crippen LogP contribution in [0.4, 0.5) is 0 Å². The molecule has 1 aromatic carbocycles. The number of benzene rings is 1. The van der Waals surface area contributed by atoms with Gasteiger partial charge in [-0.05, 0) is 51.3 Å². The van der Waals surface area contributed by atoms with Crippen molar-refractivity contribution in [1.82, 2.24) is 15.1 Å². The molecule has 0 radical (unpaired) electrons. The van der Waals surface area contributed by atoms with Crippen molar-refractivity contribution in [3.8, 4) is 5.75 Å². The summed E-state index contributed by atoms with van der Waals surface area (Å²) in [6.45, 7) is 10.1. The van der Waals surface area contributed by atoms with Crippen molar-refractivity contribution in [2.75, 3.05) is 39.8 Å². The maximum Gasteiger partial charge on any atom is 0.193 e. The summed E-state index contributed by atoms with van der Waals surface area (Å²) in [5.41, 5.74) is 0. The van der Waals surface area contributed by atoms with Crippen molar-refractivity contribution in [2.24, 2.45) is 10.9 Å². The van der Waals surface area contributed by atoms with Crippen LogP contribution in [0.3, 0.4) is 0 Å². The predicted molar refractivity (Wildman–Crippen MR) is 128 cm³/mol. The van der Waals surface area contributed by atoms with Gasteiger partial charge in [0.1, 0.15) is 11.9 Å². The zero-order valence-corrected chi connectivity index (χ0v) is 20.0. The molecule has 2 aliphatic heterocycles. The number of nitrogens with zero attached hydrogens (tertiary/aromatic N) is 3. The third-order valence-corrected chi connectivity index (χ3v) is 5.83. The number of nitrogens with one attached hydrogen (secondary N) is 1. The van der Waals surface area contributed by atoms with Gasteiger partial charge in [0.15, 0.2) is 5.96 Å². The molecule has 5 nitrogen and oxygen atoms in total. The number of para-hydroxylation sites is 1. The van der Waals surface area contributed by atoms with Crippen molar-refractivity contribution in [2.45, 2.75) is 51.7 Å². The first kappa shape index (κ1) is 23.3. The topological polar surface area (TPSA) is 40.1 Å². The summed E-state index contributed by atoms with van der Waals surface area (Å²) in [6.07, 6.45) is 5.02. The normalized spacial score (nSPS) is 22.1. The number of rotatable bonds is 5. The molecule has 1 atom stereocenters. The number of guanidine groups is 1. The summed E-state index contributed by atoms with van der Waals surface area (Å²) in [6, 6.07) is 10.8. The molecule has 2 aliphatic rings. The Balaban J connectivity index is 0.00000280. The van der Waals surface area contributed by atoms with Crippen LogP contribution in [-0.2, 0) is 0 Å². The molecule has 1 aromatic rings. The average Bonchev–Trinajstić information content (AvgIpc) is 2.70. The van der Waals surface area contributed by atoms with Gasteiger partial charge in [0.05, 0.1) is 0 Å². The summed E-state index contributed by atoms with van der Waals surface area (Å²) in [4.78, 5) is 9.52. The molecule has 1 unspecified atom stereocenters. The SMILES string of the molecule is CN=C(NCC1CCCN(C(C)C)C1)N1CCC(Oc2ccccc2)CC1.I. The highest BCUT2D eigenvalue weighted by Crippen LogP contribution is 2.20. The molecular formula is C22H37IN4O. The van der Waals surface area contributed by atoms with E-state index < -0.39 is 0 Å². The zero-order valence-electron chi connectivity index (χ0n) is 17.6. The fraction of sp³-hybridized carbons (Fsp3) is 0.682. The third kappa shape index (κ3) is 6.79. The molecule has 6 heteroatoms. The minimum absolute atomic E-state index is 0. The molecule has 0 aliphatic carbocycles. The van der Waals surface area contributed by atoms with Crippen LogP contribution in [-0.4, -0.2) is 67.7 Å². The van der Waals surface area contributed by atoms with Gasteiger partial charge in [-0.25, -0.2) is 0 Å². The van der Waals surface area contributed by atoms with E-state index in [-0.39, 0.29) is 24.0 Å². The van der Waals surface area contributed by atoms with E-state index in [0.717, 1.165) is 50.1 Å². The van der Waals surface area contributed by atoms with Crippen molar-refractivity contribution in [3.63, 3.8) is 0 Å². The Morgan fingerprint density at radius 3 is 2.50 bits per heavy atom. The van der Waals surface area contributed by atoms with Crippen molar-refractivity contribution < 1.29 is 4.74 Å². The minimum Gasteiger partial charge on any atom is -0.490 e. The summed E-state index contributed by atoms with van der Waals surface area (Å²) in [5.74, 6) is 2.75. The first-order valence-electron chi connectivity index (χ1n) is 10.6. The van der Waals surface area contributed by atoms with Crippen molar-refractivity contribution >= 4 is 29.9 Å². The van der Waals surface area contributed by atoms with E-state index in [9.17, 15) is 0 Å². The summed E-state index contributed by atoms with van der Waals surface area (Å²) >= 11 is 0. The van der Waals surface area contributed by atoms with E-state index in [2.05, 4.69) is 34.0 Å². The van der Waals surface area contributed by atoms with Gasteiger partial charge in [-0.3, -0.25) is 4.99 Å². The second-order valence-electron chi connectivity index (χ2n) is 8.14. The fourth-order valence-electron chi connectivity index (χ4n) is 4.18. The van der Waals surface area contributed by atoms with Crippen LogP contribution in [0.1, 0.15) is 39.5 Å². The Morgan fingerprint density at radius 1 is 1.14 bits per heavy atom. The molecule has 0 saturated carbocycles. The van der Waals surface area contributed by atoms with E-state index >= 15 is 0 Å². The monoisotopic (exact) mass is 500 g/mol. The number of halogens is 1. The van der Waals surface area contributed by atoms with Gasteiger partial charge in [-0.2, -0.15) is 0 Å². The highest BCUT2D eigenvalue weighted by Gasteiger charge is 2.25. The Kier molecular flexibility index (Phi) is 9.85. The molecule has 158 valence electrons. The second-order valence-corrected chi connectivity index (χ2v) is 8.14. The Bertz CT molecular complexity index is 587. The lowest BCUT2D eigenvalue weighted by atomic mass is 9.97. The van der Waals surface area contributed by atoms with Gasteiger partial charge in [-0.1, -0.05) is 18.2 Å². The van der Waals surface area contributed by atoms with Gasteiger partial charge < -0.3 is 19.9 Å². The van der Waals surface area contributed by atoms with E-state index in [1.165, 1.54) is 25.9 Å². The molecule has 2 heterocycles. The highest BCUT2D eigenvalue weighted by molar-refractivity contribution is 14.0. The molecule has 0 spiro atoms. The second kappa shape index (κ2) is 11.9. The quantitative estimate of drug-likeness (QED) is 0.379. The van der Waals surface area contributed by atoms with Gasteiger partial charge in [0, 0.05) is 52.1 Å². The van der Waals surface area contributed by atoms with E-state index in [1.807, 2.05) is 37.4 Å². The lowest BCUT2D eigenvalue weighted by Gasteiger charge is -2.37. The number of ether oxygens (including phenoxy) is 1. The summed E-state index contributed by atoms with van der Waals surface area (Å²) in [7, 11) is 1.90. The fourth-order valence-corrected chi connectivity index (χ4v) is 4.18. The average molecular weight is 500 g/mol. The lowest BCUT2D eigenvalue weighted by Crippen LogP contribution is -2.50. The van der Waals surface area contributed by atoms with E-state index in [4.69, 9.17) is 4.74 Å². The lowest BCUT2D eigenvalue weighted by molar-refractivity contribution is 0.127. The molecule has 0 bridgehead atoms. The van der Waals surface area contributed by atoms with Gasteiger partial charge in [0.25, 0.3) is 0 Å². The van der Waals surface area contributed by atoms with Crippen LogP contribution < -0.4 is 10.1 Å². The molecule has 0 aromatic heterocycles. The number of hydrogen-bond acceptors (Lipinski definition) is 3. The number of hydrogen-bond donors (Lipinski definition) is 1. The molecule has 28 heavy (non-hydrogen) atoms. The molecule has 2 saturated heterocycles. The van der Waals surface area contributed by atoms with Crippen LogP contribution >= 0.6 is 24.0 Å². The van der Waals surface area contributed by atoms with Crippen LogP contribution in [0.5, 0.6) is 5.75 Å². The number of likely N-dealkylation sites (tertiary alicyclic amines) is 2. The van der Waals surface area contributed by atoms with E-state index in [0.29, 0.717) is 12.1 Å². The predicted octanol–water partition coefficient (Wildman–Crippen LogP) is 3.84. The van der Waals surface area contributed by atoms with Gasteiger partial charge in [-0.15, -0.1) is 24.0 Å². The van der Waals surface area contributed by atoms with Crippen LogP contribution in [0.25, 0.3) is 0 Å². The first-order chi connectivity index (χ1) is 13.2. The summed E-state index contributed by atoms with van der Waals surface area (Å²) < 4.78 is 6.11. The zero-order chi connectivity index (χ0) is 19.1. The Hall–Kier alpha value is -1.02. The minimum atomic E-state index is 0. The maximum atomic E-state index is 6.11. The number of aliphatic imine (C=N–C) groups is 1. The molecule has 3 rings (SSSR count). The Labute approximate surface area is 187 Å². The highest BCUT2D eigenvalue weighted by atomic mass is 127. The van der Waals surface area contributed by atoms with Crippen molar-refractivity contribution in [3.05, 3.63) is 30.3 Å². The molecular weight excluding hydrogens is 463 g/mol.